The summed E-state index contributed by atoms with van der Waals surface area (Å²) in [7, 11) is 1.99. The largest absolute Gasteiger partial charge is 0.458 e. The van der Waals surface area contributed by atoms with Crippen LogP contribution in [-0.4, -0.2) is 13.6 Å². The van der Waals surface area contributed by atoms with Gasteiger partial charge in [0.15, 0.2) is 11.4 Å². The van der Waals surface area contributed by atoms with E-state index in [1.54, 1.807) is 6.07 Å². The summed E-state index contributed by atoms with van der Waals surface area (Å²) in [6.45, 7) is 1.00. The fraction of sp³-hybridized carbons (Fsp3) is 0.500. The van der Waals surface area contributed by atoms with Gasteiger partial charge in [0.25, 0.3) is 0 Å². The van der Waals surface area contributed by atoms with Crippen molar-refractivity contribution in [2.75, 3.05) is 13.6 Å². The molecule has 0 saturated heterocycles. The molecule has 2 unspecified atom stereocenters. The highest BCUT2D eigenvalue weighted by molar-refractivity contribution is 5.78. The van der Waals surface area contributed by atoms with Gasteiger partial charge in [-0.2, -0.15) is 0 Å². The number of furan rings is 1. The molecular weight excluding hydrogens is 241 g/mol. The average molecular weight is 261 g/mol. The highest BCUT2D eigenvalue weighted by Crippen LogP contribution is 2.39. The van der Waals surface area contributed by atoms with Gasteiger partial charge in [0.2, 0.25) is 0 Å². The molecular formula is C16H20FNO. The minimum absolute atomic E-state index is 0.260. The van der Waals surface area contributed by atoms with E-state index >= 15 is 0 Å². The summed E-state index contributed by atoms with van der Waals surface area (Å²) < 4.78 is 19.5. The Morgan fingerprint density at radius 2 is 2.16 bits per heavy atom. The summed E-state index contributed by atoms with van der Waals surface area (Å²) >= 11 is 0. The van der Waals surface area contributed by atoms with Gasteiger partial charge in [-0.3, -0.25) is 0 Å². The van der Waals surface area contributed by atoms with E-state index in [2.05, 4.69) is 5.32 Å². The van der Waals surface area contributed by atoms with E-state index in [4.69, 9.17) is 4.42 Å². The van der Waals surface area contributed by atoms with E-state index < -0.39 is 0 Å². The maximum atomic E-state index is 13.7. The molecule has 1 aromatic carbocycles. The molecule has 0 amide bonds. The summed E-state index contributed by atoms with van der Waals surface area (Å²) in [4.78, 5) is 0. The van der Waals surface area contributed by atoms with Crippen LogP contribution in [0.1, 0.15) is 37.4 Å². The van der Waals surface area contributed by atoms with Crippen molar-refractivity contribution in [1.29, 1.82) is 0 Å². The minimum atomic E-state index is -0.260. The van der Waals surface area contributed by atoms with Crippen LogP contribution >= 0.6 is 0 Å². The van der Waals surface area contributed by atoms with Crippen LogP contribution in [0.25, 0.3) is 11.0 Å². The maximum Gasteiger partial charge on any atom is 0.169 e. The molecule has 1 aliphatic carbocycles. The number of nitrogens with one attached hydrogen (secondary N) is 1. The van der Waals surface area contributed by atoms with Gasteiger partial charge in [-0.15, -0.1) is 0 Å². The van der Waals surface area contributed by atoms with Crippen LogP contribution in [-0.2, 0) is 0 Å². The van der Waals surface area contributed by atoms with Gasteiger partial charge < -0.3 is 9.73 Å². The molecule has 2 nitrogen and oxygen atoms in total. The first-order chi connectivity index (χ1) is 9.29. The number of halogens is 1. The number of rotatable bonds is 3. The van der Waals surface area contributed by atoms with Gasteiger partial charge in [0.1, 0.15) is 5.76 Å². The second-order valence-electron chi connectivity index (χ2n) is 5.52. The van der Waals surface area contributed by atoms with Crippen molar-refractivity contribution in [2.24, 2.45) is 5.92 Å². The van der Waals surface area contributed by atoms with Crippen LogP contribution in [0, 0.1) is 11.7 Å². The van der Waals surface area contributed by atoms with E-state index in [9.17, 15) is 4.39 Å². The summed E-state index contributed by atoms with van der Waals surface area (Å²) in [5, 5.41) is 4.15. The molecule has 0 radical (unpaired) electrons. The van der Waals surface area contributed by atoms with Crippen LogP contribution in [0.3, 0.4) is 0 Å². The molecule has 1 aromatic heterocycles. The Labute approximate surface area is 113 Å². The van der Waals surface area contributed by atoms with E-state index in [1.165, 1.54) is 25.3 Å². The van der Waals surface area contributed by atoms with Gasteiger partial charge in [-0.05, 0) is 44.5 Å². The Morgan fingerprint density at radius 3 is 2.95 bits per heavy atom. The number of hydrogen-bond donors (Lipinski definition) is 1. The second kappa shape index (κ2) is 5.33. The first kappa shape index (κ1) is 12.7. The molecule has 0 spiro atoms. The van der Waals surface area contributed by atoms with Crippen LogP contribution in [0.2, 0.25) is 0 Å². The summed E-state index contributed by atoms with van der Waals surface area (Å²) in [6.07, 6.45) is 4.90. The smallest absolute Gasteiger partial charge is 0.169 e. The second-order valence-corrected chi connectivity index (χ2v) is 5.52. The highest BCUT2D eigenvalue weighted by Gasteiger charge is 2.28. The predicted octanol–water partition coefficient (Wildman–Crippen LogP) is 4.07. The molecule has 2 aromatic rings. The lowest BCUT2D eigenvalue weighted by atomic mass is 9.78. The lowest BCUT2D eigenvalue weighted by Crippen LogP contribution is -2.27. The SMILES string of the molecule is CNCC1CCCCC1c1cc2cccc(F)c2o1. The number of hydrogen-bond acceptors (Lipinski definition) is 2. The fourth-order valence-corrected chi connectivity index (χ4v) is 3.32. The predicted molar refractivity (Wildman–Crippen MR) is 74.8 cm³/mol. The maximum absolute atomic E-state index is 13.7. The van der Waals surface area contributed by atoms with Crippen molar-refractivity contribution >= 4 is 11.0 Å². The van der Waals surface area contributed by atoms with Gasteiger partial charge in [-0.25, -0.2) is 4.39 Å². The van der Waals surface area contributed by atoms with Crippen LogP contribution in [0.15, 0.2) is 28.7 Å². The Balaban J connectivity index is 1.95. The molecule has 1 fully saturated rings. The monoisotopic (exact) mass is 261 g/mol. The summed E-state index contributed by atoms with van der Waals surface area (Å²) in [6, 6.07) is 7.14. The average Bonchev–Trinajstić information content (AvgIpc) is 2.85. The normalized spacial score (nSPS) is 23.9. The third-order valence-corrected chi connectivity index (χ3v) is 4.26. The van der Waals surface area contributed by atoms with Crippen LogP contribution in [0.4, 0.5) is 4.39 Å². The van der Waals surface area contributed by atoms with E-state index in [0.29, 0.717) is 17.4 Å². The van der Waals surface area contributed by atoms with Gasteiger partial charge >= 0.3 is 0 Å². The Hall–Kier alpha value is -1.35. The van der Waals surface area contributed by atoms with Gasteiger partial charge in [0.05, 0.1) is 0 Å². The zero-order chi connectivity index (χ0) is 13.2. The Kier molecular flexibility index (Phi) is 3.56. The summed E-state index contributed by atoms with van der Waals surface area (Å²) in [5.74, 6) is 1.72. The Bertz CT molecular complexity index is 561. The van der Waals surface area contributed by atoms with Crippen molar-refractivity contribution in [3.05, 3.63) is 35.8 Å². The standard InChI is InChI=1S/C16H20FNO/c1-18-10-12-5-2-3-7-13(12)15-9-11-6-4-8-14(17)16(11)19-15/h4,6,8-9,12-13,18H,2-3,5,7,10H2,1H3. The quantitative estimate of drug-likeness (QED) is 0.901. The topological polar surface area (TPSA) is 25.2 Å². The first-order valence-electron chi connectivity index (χ1n) is 7.12. The molecule has 102 valence electrons. The molecule has 0 aliphatic heterocycles. The van der Waals surface area contributed by atoms with Crippen molar-refractivity contribution in [1.82, 2.24) is 5.32 Å². The minimum Gasteiger partial charge on any atom is -0.458 e. The molecule has 1 N–H and O–H groups in total. The third kappa shape index (κ3) is 2.39. The van der Waals surface area contributed by atoms with Crippen LogP contribution in [0.5, 0.6) is 0 Å². The summed E-state index contributed by atoms with van der Waals surface area (Å²) in [5.41, 5.74) is 0.409. The molecule has 2 atom stereocenters. The van der Waals surface area contributed by atoms with E-state index in [-0.39, 0.29) is 5.82 Å². The molecule has 19 heavy (non-hydrogen) atoms. The van der Waals surface area contributed by atoms with Gasteiger partial charge in [0, 0.05) is 11.3 Å². The van der Waals surface area contributed by atoms with E-state index in [0.717, 1.165) is 24.1 Å². The molecule has 3 heteroatoms. The molecule has 3 rings (SSSR count). The lowest BCUT2D eigenvalue weighted by Gasteiger charge is -2.29. The highest BCUT2D eigenvalue weighted by atomic mass is 19.1. The zero-order valence-electron chi connectivity index (χ0n) is 11.3. The van der Waals surface area contributed by atoms with E-state index in [1.807, 2.05) is 19.2 Å². The van der Waals surface area contributed by atoms with Gasteiger partial charge in [-0.1, -0.05) is 25.0 Å². The Morgan fingerprint density at radius 1 is 1.32 bits per heavy atom. The van der Waals surface area contributed by atoms with Crippen molar-refractivity contribution in [2.45, 2.75) is 31.6 Å². The number of benzene rings is 1. The number of fused-ring (bicyclic) bond motifs is 1. The number of para-hydroxylation sites is 1. The first-order valence-corrected chi connectivity index (χ1v) is 7.12. The van der Waals surface area contributed by atoms with Crippen molar-refractivity contribution in [3.63, 3.8) is 0 Å². The van der Waals surface area contributed by atoms with Crippen molar-refractivity contribution in [3.8, 4) is 0 Å². The van der Waals surface area contributed by atoms with Crippen molar-refractivity contribution < 1.29 is 8.81 Å². The molecule has 1 heterocycles. The van der Waals surface area contributed by atoms with Crippen LogP contribution < -0.4 is 5.32 Å². The lowest BCUT2D eigenvalue weighted by molar-refractivity contribution is 0.271. The fourth-order valence-electron chi connectivity index (χ4n) is 3.32. The molecule has 0 bridgehead atoms. The molecule has 1 aliphatic rings. The molecule has 1 saturated carbocycles. The zero-order valence-corrected chi connectivity index (χ0v) is 11.3. The third-order valence-electron chi connectivity index (χ3n) is 4.26.